The zero-order valence-electron chi connectivity index (χ0n) is 13.0. The van der Waals surface area contributed by atoms with Crippen LogP contribution in [0.4, 0.5) is 0 Å². The second-order valence-corrected chi connectivity index (χ2v) is 5.50. The SMILES string of the molecule is COCOc1cccc(C(N)Cc2ccc3c(c2)COC3=O)c1. The average molecular weight is 313 g/mol. The van der Waals surface area contributed by atoms with E-state index >= 15 is 0 Å². The lowest BCUT2D eigenvalue weighted by Gasteiger charge is -2.14. The number of cyclic esters (lactones) is 1. The molecule has 0 fully saturated rings. The summed E-state index contributed by atoms with van der Waals surface area (Å²) >= 11 is 0. The van der Waals surface area contributed by atoms with Gasteiger partial charge in [0, 0.05) is 18.7 Å². The van der Waals surface area contributed by atoms with E-state index in [2.05, 4.69) is 0 Å². The summed E-state index contributed by atoms with van der Waals surface area (Å²) in [6.45, 7) is 0.551. The number of ether oxygens (including phenoxy) is 3. The average Bonchev–Trinajstić information content (AvgIpc) is 2.94. The van der Waals surface area contributed by atoms with E-state index in [-0.39, 0.29) is 18.8 Å². The zero-order chi connectivity index (χ0) is 16.2. The van der Waals surface area contributed by atoms with Gasteiger partial charge < -0.3 is 19.9 Å². The van der Waals surface area contributed by atoms with Gasteiger partial charge in [0.25, 0.3) is 0 Å². The monoisotopic (exact) mass is 313 g/mol. The third-order valence-corrected chi connectivity index (χ3v) is 3.83. The highest BCUT2D eigenvalue weighted by Gasteiger charge is 2.21. The summed E-state index contributed by atoms with van der Waals surface area (Å²) in [5.74, 6) is 0.478. The van der Waals surface area contributed by atoms with Gasteiger partial charge in [0.15, 0.2) is 6.79 Å². The van der Waals surface area contributed by atoms with Crippen molar-refractivity contribution in [2.45, 2.75) is 19.1 Å². The molecule has 5 heteroatoms. The molecule has 0 saturated carbocycles. The van der Waals surface area contributed by atoms with Crippen LogP contribution < -0.4 is 10.5 Å². The molecule has 3 rings (SSSR count). The first-order valence-corrected chi connectivity index (χ1v) is 7.43. The van der Waals surface area contributed by atoms with Crippen LogP contribution in [0.15, 0.2) is 42.5 Å². The Balaban J connectivity index is 1.72. The zero-order valence-corrected chi connectivity index (χ0v) is 13.0. The van der Waals surface area contributed by atoms with Crippen molar-refractivity contribution in [2.75, 3.05) is 13.9 Å². The number of benzene rings is 2. The molecular formula is C18H19NO4. The lowest BCUT2D eigenvalue weighted by molar-refractivity contribution is 0.0510. The predicted octanol–water partition coefficient (Wildman–Crippen LogP) is 2.58. The first-order chi connectivity index (χ1) is 11.2. The van der Waals surface area contributed by atoms with Gasteiger partial charge in [0.1, 0.15) is 12.4 Å². The number of methoxy groups -OCH3 is 1. The molecule has 0 spiro atoms. The lowest BCUT2D eigenvalue weighted by atomic mass is 9.97. The molecule has 5 nitrogen and oxygen atoms in total. The van der Waals surface area contributed by atoms with Gasteiger partial charge in [-0.05, 0) is 35.7 Å². The van der Waals surface area contributed by atoms with Crippen molar-refractivity contribution < 1.29 is 19.0 Å². The maximum Gasteiger partial charge on any atom is 0.338 e. The minimum atomic E-state index is -0.251. The molecule has 0 saturated heterocycles. The fourth-order valence-electron chi connectivity index (χ4n) is 2.65. The van der Waals surface area contributed by atoms with Gasteiger partial charge in [0.2, 0.25) is 0 Å². The van der Waals surface area contributed by atoms with Gasteiger partial charge in [-0.3, -0.25) is 0 Å². The number of esters is 1. The van der Waals surface area contributed by atoms with E-state index in [9.17, 15) is 4.79 Å². The molecular weight excluding hydrogens is 294 g/mol. The summed E-state index contributed by atoms with van der Waals surface area (Å²) in [4.78, 5) is 11.5. The molecule has 1 aliphatic heterocycles. The molecule has 1 atom stereocenters. The van der Waals surface area contributed by atoms with Crippen molar-refractivity contribution in [3.05, 3.63) is 64.7 Å². The Labute approximate surface area is 135 Å². The molecule has 0 aromatic heterocycles. The van der Waals surface area contributed by atoms with Crippen LogP contribution in [0, 0.1) is 0 Å². The molecule has 1 aliphatic rings. The maximum absolute atomic E-state index is 11.5. The summed E-state index contributed by atoms with van der Waals surface area (Å²) in [5, 5.41) is 0. The summed E-state index contributed by atoms with van der Waals surface area (Å²) in [7, 11) is 1.58. The first-order valence-electron chi connectivity index (χ1n) is 7.43. The van der Waals surface area contributed by atoms with Crippen molar-refractivity contribution in [3.63, 3.8) is 0 Å². The molecule has 0 aliphatic carbocycles. The summed E-state index contributed by atoms with van der Waals surface area (Å²) in [5.41, 5.74) is 9.96. The molecule has 2 aromatic rings. The number of hydrogen-bond acceptors (Lipinski definition) is 5. The van der Waals surface area contributed by atoms with Crippen LogP contribution in [0.2, 0.25) is 0 Å². The van der Waals surface area contributed by atoms with E-state index in [4.69, 9.17) is 19.9 Å². The molecule has 0 amide bonds. The fraction of sp³-hybridized carbons (Fsp3) is 0.278. The van der Waals surface area contributed by atoms with E-state index < -0.39 is 0 Å². The molecule has 1 unspecified atom stereocenters. The third-order valence-electron chi connectivity index (χ3n) is 3.83. The smallest absolute Gasteiger partial charge is 0.338 e. The molecule has 0 radical (unpaired) electrons. The van der Waals surface area contributed by atoms with Crippen LogP contribution >= 0.6 is 0 Å². The van der Waals surface area contributed by atoms with Crippen molar-refractivity contribution in [1.82, 2.24) is 0 Å². The Kier molecular flexibility index (Phi) is 4.60. The van der Waals surface area contributed by atoms with Crippen LogP contribution in [0.3, 0.4) is 0 Å². The highest BCUT2D eigenvalue weighted by Crippen LogP contribution is 2.25. The Bertz CT molecular complexity index is 714. The molecule has 0 bridgehead atoms. The van der Waals surface area contributed by atoms with Crippen molar-refractivity contribution in [2.24, 2.45) is 5.73 Å². The molecule has 2 aromatic carbocycles. The second-order valence-electron chi connectivity index (χ2n) is 5.50. The van der Waals surface area contributed by atoms with Crippen LogP contribution in [0.1, 0.15) is 33.1 Å². The minimum Gasteiger partial charge on any atom is -0.468 e. The fourth-order valence-corrected chi connectivity index (χ4v) is 2.65. The largest absolute Gasteiger partial charge is 0.468 e. The van der Waals surface area contributed by atoms with Crippen molar-refractivity contribution in [3.8, 4) is 5.75 Å². The van der Waals surface area contributed by atoms with Gasteiger partial charge in [-0.2, -0.15) is 0 Å². The van der Waals surface area contributed by atoms with Crippen LogP contribution in [0.25, 0.3) is 0 Å². The number of nitrogens with two attached hydrogens (primary N) is 1. The summed E-state index contributed by atoms with van der Waals surface area (Å²) < 4.78 is 15.4. The number of fused-ring (bicyclic) bond motifs is 1. The number of rotatable bonds is 6. The minimum absolute atomic E-state index is 0.155. The highest BCUT2D eigenvalue weighted by molar-refractivity contribution is 5.93. The molecule has 1 heterocycles. The Hall–Kier alpha value is -2.37. The van der Waals surface area contributed by atoms with Crippen LogP contribution in [0.5, 0.6) is 5.75 Å². The quantitative estimate of drug-likeness (QED) is 0.655. The number of carbonyl (C=O) groups is 1. The van der Waals surface area contributed by atoms with Gasteiger partial charge >= 0.3 is 5.97 Å². The van der Waals surface area contributed by atoms with E-state index in [1.54, 1.807) is 7.11 Å². The van der Waals surface area contributed by atoms with Gasteiger partial charge in [0.05, 0.1) is 5.56 Å². The lowest BCUT2D eigenvalue weighted by Crippen LogP contribution is -2.13. The summed E-state index contributed by atoms with van der Waals surface area (Å²) in [6, 6.07) is 13.3. The Morgan fingerprint density at radius 1 is 1.26 bits per heavy atom. The normalized spacial score (nSPS) is 14.3. The van der Waals surface area contributed by atoms with Gasteiger partial charge in [-0.15, -0.1) is 0 Å². The van der Waals surface area contributed by atoms with Gasteiger partial charge in [-0.25, -0.2) is 4.79 Å². The Morgan fingerprint density at radius 3 is 2.96 bits per heavy atom. The van der Waals surface area contributed by atoms with E-state index in [1.807, 2.05) is 42.5 Å². The molecule has 23 heavy (non-hydrogen) atoms. The Morgan fingerprint density at radius 2 is 2.13 bits per heavy atom. The van der Waals surface area contributed by atoms with E-state index in [0.29, 0.717) is 18.6 Å². The maximum atomic E-state index is 11.5. The highest BCUT2D eigenvalue weighted by atomic mass is 16.7. The summed E-state index contributed by atoms with van der Waals surface area (Å²) in [6.07, 6.45) is 0.676. The van der Waals surface area contributed by atoms with Crippen molar-refractivity contribution >= 4 is 5.97 Å². The van der Waals surface area contributed by atoms with Gasteiger partial charge in [-0.1, -0.05) is 24.3 Å². The molecule has 2 N–H and O–H groups in total. The van der Waals surface area contributed by atoms with Crippen molar-refractivity contribution in [1.29, 1.82) is 0 Å². The van der Waals surface area contributed by atoms with E-state index in [1.165, 1.54) is 0 Å². The number of hydrogen-bond donors (Lipinski definition) is 1. The first kappa shape index (κ1) is 15.5. The third kappa shape index (κ3) is 3.52. The topological polar surface area (TPSA) is 70.8 Å². The van der Waals surface area contributed by atoms with E-state index in [0.717, 1.165) is 22.4 Å². The second kappa shape index (κ2) is 6.81. The standard InChI is InChI=1S/C18H19NO4/c1-21-11-23-15-4-2-3-13(9-15)17(19)8-12-5-6-16-14(7-12)10-22-18(16)20/h2-7,9,17H,8,10-11,19H2,1H3. The number of carbonyl (C=O) groups excluding carboxylic acids is 1. The molecule has 120 valence electrons. The van der Waals surface area contributed by atoms with Crippen LogP contribution in [-0.4, -0.2) is 19.9 Å². The van der Waals surface area contributed by atoms with Crippen LogP contribution in [-0.2, 0) is 22.5 Å². The predicted molar refractivity (Wildman–Crippen MR) is 85.1 cm³/mol.